The van der Waals surface area contributed by atoms with Crippen molar-refractivity contribution in [1.29, 1.82) is 0 Å². The van der Waals surface area contributed by atoms with Crippen LogP contribution in [0.5, 0.6) is 0 Å². The lowest BCUT2D eigenvalue weighted by Gasteiger charge is -2.03. The van der Waals surface area contributed by atoms with Crippen LogP contribution < -0.4 is 17.7 Å². The molecule has 3 rings (SSSR count). The number of hydrogen-bond acceptors (Lipinski definition) is 3. The Morgan fingerprint density at radius 3 is 2.30 bits per heavy atom. The Morgan fingerprint density at radius 1 is 0.913 bits per heavy atom. The first-order valence-electron chi connectivity index (χ1n) is 6.85. The molecule has 1 N–H and O–H groups in total. The highest BCUT2D eigenvalue weighted by Crippen LogP contribution is 2.28. The molecule has 0 aliphatic carbocycles. The van der Waals surface area contributed by atoms with E-state index in [1.807, 2.05) is 36.4 Å². The largest absolute Gasteiger partial charge is 1.00 e. The molecule has 1 aromatic carbocycles. The van der Waals surface area contributed by atoms with E-state index in [1.54, 1.807) is 18.5 Å². The molecule has 120 valence electrons. The average Bonchev–Trinajstić information content (AvgIpc) is 2.96. The van der Waals surface area contributed by atoms with Crippen molar-refractivity contribution >= 4 is 23.2 Å². The van der Waals surface area contributed by atoms with Gasteiger partial charge in [0.25, 0.3) is 0 Å². The van der Waals surface area contributed by atoms with Crippen LogP contribution in [0.15, 0.2) is 59.3 Å². The number of nitrogens with one attached hydrogen (secondary N) is 1. The fourth-order valence-corrected chi connectivity index (χ4v) is 2.68. The number of nitrogens with zero attached hydrogens (tertiary/aromatic N) is 1. The highest BCUT2D eigenvalue weighted by atomic mass is 35.5. The third-order valence-electron chi connectivity index (χ3n) is 3.19. The monoisotopic (exact) mass is 367 g/mol. The van der Waals surface area contributed by atoms with Crippen LogP contribution in [0.25, 0.3) is 11.3 Å². The number of halogens is 3. The van der Waals surface area contributed by atoms with Gasteiger partial charge in [0.2, 0.25) is 0 Å². The van der Waals surface area contributed by atoms with Crippen LogP contribution in [0.4, 0.5) is 0 Å². The van der Waals surface area contributed by atoms with Crippen molar-refractivity contribution in [3.05, 3.63) is 76.2 Å². The molecule has 0 radical (unpaired) electrons. The Morgan fingerprint density at radius 2 is 1.61 bits per heavy atom. The number of pyridine rings is 1. The van der Waals surface area contributed by atoms with E-state index in [-0.39, 0.29) is 12.4 Å². The Bertz CT molecular complexity index is 739. The van der Waals surface area contributed by atoms with Gasteiger partial charge in [0.05, 0.1) is 6.54 Å². The summed E-state index contributed by atoms with van der Waals surface area (Å²) < 4.78 is 5.83. The summed E-state index contributed by atoms with van der Waals surface area (Å²) in [5.74, 6) is 1.62. The normalized spacial score (nSPS) is 10.3. The van der Waals surface area contributed by atoms with Crippen molar-refractivity contribution in [2.75, 3.05) is 0 Å². The molecular weight excluding hydrogens is 355 g/mol. The van der Waals surface area contributed by atoms with Gasteiger partial charge in [0, 0.05) is 34.5 Å². The van der Waals surface area contributed by atoms with Crippen LogP contribution in [-0.2, 0) is 13.1 Å². The Balaban J connectivity index is 0.00000192. The van der Waals surface area contributed by atoms with Crippen LogP contribution in [0, 0.1) is 0 Å². The summed E-state index contributed by atoms with van der Waals surface area (Å²) in [4.78, 5) is 3.99. The first-order valence-corrected chi connectivity index (χ1v) is 7.61. The van der Waals surface area contributed by atoms with Crippen molar-refractivity contribution in [2.24, 2.45) is 0 Å². The minimum atomic E-state index is 0. The zero-order chi connectivity index (χ0) is 15.4. The van der Waals surface area contributed by atoms with Crippen molar-refractivity contribution in [2.45, 2.75) is 13.1 Å². The number of furan rings is 1. The maximum Gasteiger partial charge on any atom is 0.134 e. The summed E-state index contributed by atoms with van der Waals surface area (Å²) in [6.07, 6.45) is 3.57. The smallest absolute Gasteiger partial charge is 0.134 e. The van der Waals surface area contributed by atoms with E-state index in [0.29, 0.717) is 16.6 Å². The van der Waals surface area contributed by atoms with Gasteiger partial charge in [-0.2, -0.15) is 0 Å². The molecule has 0 aliphatic rings. The SMILES string of the molecule is Clc1cc(Cl)cc(-c2ccc(CNCc3ccncc3)o2)c1.[Cl-]. The zero-order valence-electron chi connectivity index (χ0n) is 12.1. The Kier molecular flexibility index (Phi) is 6.48. The molecule has 0 amide bonds. The molecular formula is C17H14Cl3N2O-. The van der Waals surface area contributed by atoms with Crippen molar-refractivity contribution in [3.63, 3.8) is 0 Å². The standard InChI is InChI=1S/C17H14Cl2N2O.ClH/c18-14-7-13(8-15(19)9-14)17-2-1-16(22-17)11-21-10-12-3-5-20-6-4-12;/h1-9,21H,10-11H2;1H/p-1. The van der Waals surface area contributed by atoms with Crippen LogP contribution >= 0.6 is 23.2 Å². The van der Waals surface area contributed by atoms with Gasteiger partial charge >= 0.3 is 0 Å². The molecule has 0 bridgehead atoms. The summed E-state index contributed by atoms with van der Waals surface area (Å²) in [7, 11) is 0. The summed E-state index contributed by atoms with van der Waals surface area (Å²) >= 11 is 12.0. The van der Waals surface area contributed by atoms with E-state index in [4.69, 9.17) is 27.6 Å². The lowest BCUT2D eigenvalue weighted by atomic mass is 10.2. The molecule has 0 atom stereocenters. The van der Waals surface area contributed by atoms with Crippen LogP contribution in [0.2, 0.25) is 10.0 Å². The fourth-order valence-electron chi connectivity index (χ4n) is 2.15. The minimum absolute atomic E-state index is 0. The van der Waals surface area contributed by atoms with Crippen molar-refractivity contribution < 1.29 is 16.8 Å². The second-order valence-electron chi connectivity index (χ2n) is 4.88. The molecule has 2 heterocycles. The van der Waals surface area contributed by atoms with E-state index in [0.717, 1.165) is 23.6 Å². The van der Waals surface area contributed by atoms with Gasteiger partial charge in [0.15, 0.2) is 0 Å². The van der Waals surface area contributed by atoms with Crippen LogP contribution in [0.3, 0.4) is 0 Å². The van der Waals surface area contributed by atoms with E-state index < -0.39 is 0 Å². The molecule has 0 unspecified atom stereocenters. The van der Waals surface area contributed by atoms with Gasteiger partial charge in [0.1, 0.15) is 11.5 Å². The molecule has 2 aromatic heterocycles. The number of hydrogen-bond donors (Lipinski definition) is 1. The average molecular weight is 369 g/mol. The second kappa shape index (κ2) is 8.37. The number of rotatable bonds is 5. The third kappa shape index (κ3) is 4.98. The third-order valence-corrected chi connectivity index (χ3v) is 3.62. The molecule has 0 fully saturated rings. The summed E-state index contributed by atoms with van der Waals surface area (Å²) in [5.41, 5.74) is 2.06. The minimum Gasteiger partial charge on any atom is -1.00 e. The van der Waals surface area contributed by atoms with E-state index >= 15 is 0 Å². The van der Waals surface area contributed by atoms with E-state index in [2.05, 4.69) is 10.3 Å². The van der Waals surface area contributed by atoms with Gasteiger partial charge in [-0.3, -0.25) is 4.98 Å². The predicted molar refractivity (Wildman–Crippen MR) is 88.9 cm³/mol. The van der Waals surface area contributed by atoms with Gasteiger partial charge in [-0.25, -0.2) is 0 Å². The lowest BCUT2D eigenvalue weighted by molar-refractivity contribution is -0.00000487. The lowest BCUT2D eigenvalue weighted by Crippen LogP contribution is -3.00. The first-order chi connectivity index (χ1) is 10.7. The van der Waals surface area contributed by atoms with Crippen molar-refractivity contribution in [3.8, 4) is 11.3 Å². The highest BCUT2D eigenvalue weighted by molar-refractivity contribution is 6.35. The molecule has 0 saturated heterocycles. The van der Waals surface area contributed by atoms with Crippen molar-refractivity contribution in [1.82, 2.24) is 10.3 Å². The van der Waals surface area contributed by atoms with E-state index in [1.165, 1.54) is 5.56 Å². The number of aromatic nitrogens is 1. The zero-order valence-corrected chi connectivity index (χ0v) is 14.4. The number of benzene rings is 1. The molecule has 0 saturated carbocycles. The molecule has 3 aromatic rings. The van der Waals surface area contributed by atoms with Gasteiger partial charge < -0.3 is 22.1 Å². The molecule has 23 heavy (non-hydrogen) atoms. The van der Waals surface area contributed by atoms with Crippen LogP contribution in [0.1, 0.15) is 11.3 Å². The predicted octanol–water partition coefficient (Wildman–Crippen LogP) is 1.94. The molecule has 6 heteroatoms. The second-order valence-corrected chi connectivity index (χ2v) is 5.76. The Hall–Kier alpha value is -1.52. The highest BCUT2D eigenvalue weighted by Gasteiger charge is 2.07. The fraction of sp³-hybridized carbons (Fsp3) is 0.118. The maximum atomic E-state index is 6.01. The van der Waals surface area contributed by atoms with E-state index in [9.17, 15) is 0 Å². The van der Waals surface area contributed by atoms with Gasteiger partial charge in [-0.05, 0) is 48.0 Å². The Labute approximate surface area is 151 Å². The summed E-state index contributed by atoms with van der Waals surface area (Å²) in [6, 6.07) is 13.2. The quantitative estimate of drug-likeness (QED) is 0.748. The first kappa shape index (κ1) is 17.8. The molecule has 0 spiro atoms. The summed E-state index contributed by atoms with van der Waals surface area (Å²) in [6.45, 7) is 1.41. The van der Waals surface area contributed by atoms with Gasteiger partial charge in [-0.1, -0.05) is 23.2 Å². The van der Waals surface area contributed by atoms with Crippen LogP contribution in [-0.4, -0.2) is 4.98 Å². The topological polar surface area (TPSA) is 38.1 Å². The maximum absolute atomic E-state index is 6.01. The van der Waals surface area contributed by atoms with Gasteiger partial charge in [-0.15, -0.1) is 0 Å². The molecule has 3 nitrogen and oxygen atoms in total. The molecule has 0 aliphatic heterocycles. The summed E-state index contributed by atoms with van der Waals surface area (Å²) in [5, 5.41) is 4.52.